The van der Waals surface area contributed by atoms with Gasteiger partial charge in [-0.15, -0.1) is 0 Å². The van der Waals surface area contributed by atoms with Crippen molar-refractivity contribution in [3.63, 3.8) is 0 Å². The van der Waals surface area contributed by atoms with Gasteiger partial charge < -0.3 is 15.0 Å². The lowest BCUT2D eigenvalue weighted by Gasteiger charge is -2.23. The fourth-order valence-electron chi connectivity index (χ4n) is 3.69. The van der Waals surface area contributed by atoms with Crippen LogP contribution in [0, 0.1) is 0 Å². The smallest absolute Gasteiger partial charge is 0.272 e. The molecule has 0 spiro atoms. The molecule has 0 saturated heterocycles. The highest BCUT2D eigenvalue weighted by molar-refractivity contribution is 5.93. The fraction of sp³-hybridized carbons (Fsp3) is 0.400. The third-order valence-electron chi connectivity index (χ3n) is 5.17. The second-order valence-electron chi connectivity index (χ2n) is 7.21. The van der Waals surface area contributed by atoms with Crippen molar-refractivity contribution in [2.24, 2.45) is 0 Å². The minimum atomic E-state index is -0.137. The molecule has 0 aliphatic heterocycles. The second kappa shape index (κ2) is 6.52. The van der Waals surface area contributed by atoms with E-state index in [2.05, 4.69) is 40.4 Å². The summed E-state index contributed by atoms with van der Waals surface area (Å²) in [7, 11) is 1.68. The summed E-state index contributed by atoms with van der Waals surface area (Å²) in [5.41, 5.74) is 4.88. The number of nitrogens with one attached hydrogen (secondary N) is 3. The first kappa shape index (κ1) is 16.7. The minimum Gasteiger partial charge on any atom is -0.497 e. The molecule has 1 aromatic carbocycles. The highest BCUT2D eigenvalue weighted by Gasteiger charge is 2.26. The van der Waals surface area contributed by atoms with Gasteiger partial charge in [0, 0.05) is 22.3 Å². The third kappa shape index (κ3) is 2.85. The van der Waals surface area contributed by atoms with Crippen LogP contribution in [0.25, 0.3) is 10.9 Å². The standard InChI is InChI=1S/C20H24N4O2/c1-11(2)17-10-18(24-23-17)20(25)22-16-6-4-5-13-14-9-12(26-3)7-8-15(14)21-19(13)16/h7-11,16,21H,4-6H2,1-3H3,(H,22,25)(H,23,24). The van der Waals surface area contributed by atoms with Gasteiger partial charge in [0.2, 0.25) is 0 Å². The van der Waals surface area contributed by atoms with Crippen LogP contribution >= 0.6 is 0 Å². The summed E-state index contributed by atoms with van der Waals surface area (Å²) >= 11 is 0. The number of ether oxygens (including phenoxy) is 1. The van der Waals surface area contributed by atoms with Gasteiger partial charge in [0.15, 0.2) is 0 Å². The van der Waals surface area contributed by atoms with Gasteiger partial charge in [-0.3, -0.25) is 9.89 Å². The van der Waals surface area contributed by atoms with Crippen molar-refractivity contribution in [1.82, 2.24) is 20.5 Å². The van der Waals surface area contributed by atoms with E-state index in [4.69, 9.17) is 4.74 Å². The molecule has 0 bridgehead atoms. The number of benzene rings is 1. The molecule has 1 atom stereocenters. The maximum Gasteiger partial charge on any atom is 0.272 e. The number of fused-ring (bicyclic) bond motifs is 3. The Balaban J connectivity index is 1.62. The average Bonchev–Trinajstić information content (AvgIpc) is 3.27. The molecule has 136 valence electrons. The number of carbonyl (C=O) groups excluding carboxylic acids is 1. The van der Waals surface area contributed by atoms with Gasteiger partial charge in [-0.25, -0.2) is 0 Å². The summed E-state index contributed by atoms with van der Waals surface area (Å²) in [6.07, 6.45) is 2.97. The molecule has 0 fully saturated rings. The summed E-state index contributed by atoms with van der Waals surface area (Å²) in [5, 5.41) is 11.4. The number of methoxy groups -OCH3 is 1. The molecular formula is C20H24N4O2. The number of aromatic nitrogens is 3. The van der Waals surface area contributed by atoms with Crippen molar-refractivity contribution < 1.29 is 9.53 Å². The Morgan fingerprint density at radius 2 is 2.19 bits per heavy atom. The zero-order chi connectivity index (χ0) is 18.3. The maximum absolute atomic E-state index is 12.6. The molecule has 0 radical (unpaired) electrons. The number of hydrogen-bond donors (Lipinski definition) is 3. The van der Waals surface area contributed by atoms with E-state index >= 15 is 0 Å². The van der Waals surface area contributed by atoms with Crippen LogP contribution in [0.4, 0.5) is 0 Å². The molecule has 1 unspecified atom stereocenters. The Morgan fingerprint density at radius 1 is 1.35 bits per heavy atom. The normalized spacial score (nSPS) is 16.7. The molecule has 1 aliphatic rings. The van der Waals surface area contributed by atoms with E-state index in [0.717, 1.165) is 41.9 Å². The van der Waals surface area contributed by atoms with Crippen LogP contribution in [0.3, 0.4) is 0 Å². The van der Waals surface area contributed by atoms with Gasteiger partial charge in [0.1, 0.15) is 11.4 Å². The van der Waals surface area contributed by atoms with Gasteiger partial charge in [-0.2, -0.15) is 5.10 Å². The van der Waals surface area contributed by atoms with E-state index in [1.54, 1.807) is 7.11 Å². The summed E-state index contributed by atoms with van der Waals surface area (Å²) in [6, 6.07) is 7.87. The SMILES string of the molecule is COc1ccc2[nH]c3c(c2c1)CCCC3NC(=O)c1cc(C(C)C)[nH]n1. The monoisotopic (exact) mass is 352 g/mol. The number of amides is 1. The Bertz CT molecular complexity index is 954. The summed E-state index contributed by atoms with van der Waals surface area (Å²) in [5.74, 6) is 1.03. The molecule has 4 rings (SSSR count). The van der Waals surface area contributed by atoms with Crippen molar-refractivity contribution in [3.05, 3.63) is 46.9 Å². The zero-order valence-corrected chi connectivity index (χ0v) is 15.3. The van der Waals surface area contributed by atoms with E-state index in [9.17, 15) is 4.79 Å². The lowest BCUT2D eigenvalue weighted by molar-refractivity contribution is 0.0927. The van der Waals surface area contributed by atoms with Crippen LogP contribution in [0.2, 0.25) is 0 Å². The average molecular weight is 352 g/mol. The van der Waals surface area contributed by atoms with Crippen molar-refractivity contribution in [2.75, 3.05) is 7.11 Å². The fourth-order valence-corrected chi connectivity index (χ4v) is 3.69. The Morgan fingerprint density at radius 3 is 2.92 bits per heavy atom. The second-order valence-corrected chi connectivity index (χ2v) is 7.21. The maximum atomic E-state index is 12.6. The predicted molar refractivity (Wildman–Crippen MR) is 101 cm³/mol. The minimum absolute atomic E-state index is 0.0242. The van der Waals surface area contributed by atoms with E-state index in [-0.39, 0.29) is 11.9 Å². The van der Waals surface area contributed by atoms with Gasteiger partial charge in [0.05, 0.1) is 13.2 Å². The van der Waals surface area contributed by atoms with Crippen LogP contribution in [-0.4, -0.2) is 28.2 Å². The van der Waals surface area contributed by atoms with Crippen LogP contribution in [0.1, 0.15) is 66.1 Å². The molecule has 3 aromatic rings. The van der Waals surface area contributed by atoms with Gasteiger partial charge in [-0.05, 0) is 55.0 Å². The quantitative estimate of drug-likeness (QED) is 0.667. The van der Waals surface area contributed by atoms with Crippen molar-refractivity contribution in [3.8, 4) is 5.75 Å². The molecule has 6 heteroatoms. The topological polar surface area (TPSA) is 82.8 Å². The number of aryl methyl sites for hydroxylation is 1. The van der Waals surface area contributed by atoms with Crippen LogP contribution in [0.5, 0.6) is 5.75 Å². The summed E-state index contributed by atoms with van der Waals surface area (Å²) in [4.78, 5) is 16.1. The first-order valence-electron chi connectivity index (χ1n) is 9.11. The highest BCUT2D eigenvalue weighted by atomic mass is 16.5. The molecule has 1 amide bonds. The molecule has 6 nitrogen and oxygen atoms in total. The summed E-state index contributed by atoms with van der Waals surface area (Å²) < 4.78 is 5.36. The molecule has 1 aliphatic carbocycles. The third-order valence-corrected chi connectivity index (χ3v) is 5.17. The molecule has 3 N–H and O–H groups in total. The van der Waals surface area contributed by atoms with E-state index < -0.39 is 0 Å². The van der Waals surface area contributed by atoms with Gasteiger partial charge in [-0.1, -0.05) is 13.8 Å². The first-order chi connectivity index (χ1) is 12.6. The molecule has 26 heavy (non-hydrogen) atoms. The number of rotatable bonds is 4. The lowest BCUT2D eigenvalue weighted by atomic mass is 9.91. The first-order valence-corrected chi connectivity index (χ1v) is 9.11. The van der Waals surface area contributed by atoms with Crippen molar-refractivity contribution in [1.29, 1.82) is 0 Å². The molecule has 2 aromatic heterocycles. The Hall–Kier alpha value is -2.76. The predicted octanol–water partition coefficient (Wildman–Crippen LogP) is 3.83. The van der Waals surface area contributed by atoms with Gasteiger partial charge in [0.25, 0.3) is 5.91 Å². The van der Waals surface area contributed by atoms with Crippen molar-refractivity contribution in [2.45, 2.75) is 45.1 Å². The molecular weight excluding hydrogens is 328 g/mol. The van der Waals surface area contributed by atoms with E-state index in [1.165, 1.54) is 10.9 Å². The number of H-pyrrole nitrogens is 2. The number of carbonyl (C=O) groups is 1. The largest absolute Gasteiger partial charge is 0.497 e. The Kier molecular flexibility index (Phi) is 4.18. The highest BCUT2D eigenvalue weighted by Crippen LogP contribution is 2.36. The number of aromatic amines is 2. The van der Waals surface area contributed by atoms with E-state index in [0.29, 0.717) is 11.6 Å². The molecule has 2 heterocycles. The van der Waals surface area contributed by atoms with E-state index in [1.807, 2.05) is 18.2 Å². The number of nitrogens with zero attached hydrogens (tertiary/aromatic N) is 1. The van der Waals surface area contributed by atoms with Crippen LogP contribution < -0.4 is 10.1 Å². The van der Waals surface area contributed by atoms with Crippen LogP contribution in [0.15, 0.2) is 24.3 Å². The molecule has 0 saturated carbocycles. The summed E-state index contributed by atoms with van der Waals surface area (Å²) in [6.45, 7) is 4.14. The zero-order valence-electron chi connectivity index (χ0n) is 15.3. The van der Waals surface area contributed by atoms with Crippen molar-refractivity contribution >= 4 is 16.8 Å². The number of hydrogen-bond acceptors (Lipinski definition) is 3. The lowest BCUT2D eigenvalue weighted by Crippen LogP contribution is -2.31. The van der Waals surface area contributed by atoms with Crippen LogP contribution in [-0.2, 0) is 6.42 Å². The van der Waals surface area contributed by atoms with Gasteiger partial charge >= 0.3 is 0 Å². The Labute approximate surface area is 152 Å².